The lowest BCUT2D eigenvalue weighted by Gasteiger charge is -2.11. The Morgan fingerprint density at radius 2 is 1.82 bits per heavy atom. The molecule has 0 bridgehead atoms. The first kappa shape index (κ1) is 23.8. The second-order valence-electron chi connectivity index (χ2n) is 7.97. The lowest BCUT2D eigenvalue weighted by atomic mass is 10.2. The average molecular weight is 499 g/mol. The quantitative estimate of drug-likeness (QED) is 0.517. The second kappa shape index (κ2) is 8.78. The minimum Gasteiger partial charge on any atom is -0.321 e. The predicted octanol–water partition coefficient (Wildman–Crippen LogP) is 3.58. The highest BCUT2D eigenvalue weighted by Crippen LogP contribution is 2.46. The molecule has 10 nitrogen and oxygen atoms in total. The molecule has 1 saturated carbocycles. The van der Waals surface area contributed by atoms with Crippen molar-refractivity contribution in [3.63, 3.8) is 0 Å². The van der Waals surface area contributed by atoms with E-state index in [0.29, 0.717) is 25.1 Å². The number of carbonyl (C=O) groups excluding carboxylic acids is 2. The Hall–Kier alpha value is -3.35. The van der Waals surface area contributed by atoms with E-state index in [9.17, 15) is 22.8 Å². The van der Waals surface area contributed by atoms with Gasteiger partial charge in [-0.3, -0.25) is 23.6 Å². The molecular formula is C20H22ClF3N8O2. The zero-order valence-electron chi connectivity index (χ0n) is 18.6. The number of anilines is 2. The van der Waals surface area contributed by atoms with Crippen LogP contribution in [0.5, 0.6) is 0 Å². The molecule has 14 heteroatoms. The first-order valence-electron chi connectivity index (χ1n) is 10.5. The van der Waals surface area contributed by atoms with E-state index < -0.39 is 35.3 Å². The monoisotopic (exact) mass is 498 g/mol. The maximum Gasteiger partial charge on any atom is 0.436 e. The van der Waals surface area contributed by atoms with Crippen LogP contribution in [0.1, 0.15) is 53.3 Å². The van der Waals surface area contributed by atoms with Gasteiger partial charge in [-0.05, 0) is 26.7 Å². The van der Waals surface area contributed by atoms with Crippen molar-refractivity contribution in [2.45, 2.75) is 51.9 Å². The summed E-state index contributed by atoms with van der Waals surface area (Å²) in [5, 5.41) is 16.6. The summed E-state index contributed by atoms with van der Waals surface area (Å²) in [6.07, 6.45) is -0.583. The van der Waals surface area contributed by atoms with Gasteiger partial charge in [0.1, 0.15) is 12.2 Å². The molecule has 182 valence electrons. The third kappa shape index (κ3) is 4.52. The summed E-state index contributed by atoms with van der Waals surface area (Å²) < 4.78 is 43.8. The number of alkyl halides is 3. The van der Waals surface area contributed by atoms with Gasteiger partial charge in [0.15, 0.2) is 5.69 Å². The SMILES string of the molecule is CCn1ncc(NC(=O)Cn2nc(C(F)(F)F)c(Cl)c2C2CC2)c1C(=O)Nc1cnn(C)c1C. The Morgan fingerprint density at radius 1 is 1.15 bits per heavy atom. The minimum absolute atomic E-state index is 0.0935. The summed E-state index contributed by atoms with van der Waals surface area (Å²) in [6, 6.07) is 0. The average Bonchev–Trinajstić information content (AvgIpc) is 3.32. The normalized spacial score (nSPS) is 13.9. The van der Waals surface area contributed by atoms with E-state index in [1.165, 1.54) is 17.1 Å². The molecule has 0 atom stereocenters. The predicted molar refractivity (Wildman–Crippen MR) is 117 cm³/mol. The fourth-order valence-corrected chi connectivity index (χ4v) is 3.98. The lowest BCUT2D eigenvalue weighted by molar-refractivity contribution is -0.141. The van der Waals surface area contributed by atoms with Crippen LogP contribution in [-0.2, 0) is 31.1 Å². The number of nitrogens with one attached hydrogen (secondary N) is 2. The Balaban J connectivity index is 1.56. The van der Waals surface area contributed by atoms with E-state index in [2.05, 4.69) is 25.9 Å². The summed E-state index contributed by atoms with van der Waals surface area (Å²) in [7, 11) is 1.73. The smallest absolute Gasteiger partial charge is 0.321 e. The van der Waals surface area contributed by atoms with Crippen LogP contribution >= 0.6 is 11.6 Å². The van der Waals surface area contributed by atoms with Gasteiger partial charge < -0.3 is 10.6 Å². The van der Waals surface area contributed by atoms with Crippen molar-refractivity contribution in [1.82, 2.24) is 29.3 Å². The van der Waals surface area contributed by atoms with Crippen molar-refractivity contribution in [3.05, 3.63) is 40.2 Å². The third-order valence-electron chi connectivity index (χ3n) is 5.57. The number of halogens is 4. The molecule has 3 aromatic rings. The van der Waals surface area contributed by atoms with Gasteiger partial charge >= 0.3 is 6.18 Å². The molecule has 4 rings (SSSR count). The Labute approximate surface area is 197 Å². The van der Waals surface area contributed by atoms with E-state index >= 15 is 0 Å². The molecule has 2 N–H and O–H groups in total. The number of hydrogen-bond acceptors (Lipinski definition) is 5. The lowest BCUT2D eigenvalue weighted by Crippen LogP contribution is -2.24. The summed E-state index contributed by atoms with van der Waals surface area (Å²) in [5.74, 6) is -1.36. The molecule has 1 aliphatic rings. The Morgan fingerprint density at radius 3 is 2.38 bits per heavy atom. The standard InChI is InChI=1S/C20H22ClF3N8O2/c1-4-31-17(19(34)28-12-7-25-30(3)10(12)2)13(8-26-31)27-14(33)9-32-16(11-5-6-11)15(21)18(29-32)20(22,23)24/h7-8,11H,4-6,9H2,1-3H3,(H,27,33)(H,28,34). The van der Waals surface area contributed by atoms with Gasteiger partial charge in [-0.25, -0.2) is 0 Å². The molecule has 1 fully saturated rings. The molecule has 1 aliphatic carbocycles. The number of carbonyl (C=O) groups is 2. The molecule has 0 aromatic carbocycles. The molecule has 0 aliphatic heterocycles. The number of hydrogen-bond donors (Lipinski definition) is 2. The van der Waals surface area contributed by atoms with E-state index in [-0.39, 0.29) is 23.0 Å². The zero-order valence-corrected chi connectivity index (χ0v) is 19.3. The summed E-state index contributed by atoms with van der Waals surface area (Å²) >= 11 is 5.97. The van der Waals surface area contributed by atoms with Crippen LogP contribution in [0.15, 0.2) is 12.4 Å². The van der Waals surface area contributed by atoms with E-state index in [1.54, 1.807) is 25.6 Å². The molecule has 2 amide bonds. The number of aryl methyl sites for hydroxylation is 2. The van der Waals surface area contributed by atoms with E-state index in [4.69, 9.17) is 11.6 Å². The highest BCUT2D eigenvalue weighted by molar-refractivity contribution is 6.32. The second-order valence-corrected chi connectivity index (χ2v) is 8.35. The van der Waals surface area contributed by atoms with E-state index in [0.717, 1.165) is 10.4 Å². The number of amides is 2. The van der Waals surface area contributed by atoms with E-state index in [1.807, 2.05) is 0 Å². The maximum atomic E-state index is 13.3. The largest absolute Gasteiger partial charge is 0.436 e. The van der Waals surface area contributed by atoms with Crippen LogP contribution in [0.4, 0.5) is 24.5 Å². The Bertz CT molecular complexity index is 1260. The highest BCUT2D eigenvalue weighted by Gasteiger charge is 2.42. The Kier molecular flexibility index (Phi) is 6.14. The molecule has 0 radical (unpaired) electrons. The van der Waals surface area contributed by atoms with Crippen LogP contribution in [-0.4, -0.2) is 41.2 Å². The fraction of sp³-hybridized carbons (Fsp3) is 0.450. The van der Waals surface area contributed by atoms with Gasteiger partial charge in [-0.2, -0.15) is 28.5 Å². The van der Waals surface area contributed by atoms with Crippen LogP contribution in [0.25, 0.3) is 0 Å². The van der Waals surface area contributed by atoms with Crippen molar-refractivity contribution >= 4 is 34.8 Å². The van der Waals surface area contributed by atoms with Crippen molar-refractivity contribution in [1.29, 1.82) is 0 Å². The molecular weight excluding hydrogens is 477 g/mol. The molecule has 3 heterocycles. The van der Waals surface area contributed by atoms with Crippen LogP contribution in [0, 0.1) is 6.92 Å². The van der Waals surface area contributed by atoms with Crippen molar-refractivity contribution in [2.75, 3.05) is 10.6 Å². The topological polar surface area (TPSA) is 112 Å². The van der Waals surface area contributed by atoms with Crippen LogP contribution in [0.2, 0.25) is 5.02 Å². The molecule has 34 heavy (non-hydrogen) atoms. The van der Waals surface area contributed by atoms with Crippen LogP contribution < -0.4 is 10.6 Å². The van der Waals surface area contributed by atoms with Crippen LogP contribution in [0.3, 0.4) is 0 Å². The third-order valence-corrected chi connectivity index (χ3v) is 5.94. The number of aromatic nitrogens is 6. The summed E-state index contributed by atoms with van der Waals surface area (Å²) in [4.78, 5) is 25.7. The first-order valence-corrected chi connectivity index (χ1v) is 10.9. The highest BCUT2D eigenvalue weighted by atomic mass is 35.5. The van der Waals surface area contributed by atoms with Crippen molar-refractivity contribution < 1.29 is 22.8 Å². The van der Waals surface area contributed by atoms with Gasteiger partial charge in [-0.15, -0.1) is 0 Å². The summed E-state index contributed by atoms with van der Waals surface area (Å²) in [5.41, 5.74) is 0.413. The maximum absolute atomic E-state index is 13.3. The van der Waals surface area contributed by atoms with Crippen molar-refractivity contribution in [3.8, 4) is 0 Å². The van der Waals surface area contributed by atoms with Gasteiger partial charge in [0.2, 0.25) is 5.91 Å². The van der Waals surface area contributed by atoms with Gasteiger partial charge in [-0.1, -0.05) is 11.6 Å². The van der Waals surface area contributed by atoms with Gasteiger partial charge in [0.05, 0.1) is 40.2 Å². The molecule has 0 saturated heterocycles. The fourth-order valence-electron chi connectivity index (χ4n) is 3.59. The van der Waals surface area contributed by atoms with Crippen molar-refractivity contribution in [2.24, 2.45) is 7.05 Å². The molecule has 3 aromatic heterocycles. The summed E-state index contributed by atoms with van der Waals surface area (Å²) in [6.45, 7) is 3.41. The number of rotatable bonds is 7. The number of nitrogens with zero attached hydrogens (tertiary/aromatic N) is 6. The van der Waals surface area contributed by atoms with Gasteiger partial charge in [0.25, 0.3) is 5.91 Å². The molecule has 0 spiro atoms. The first-order chi connectivity index (χ1) is 16.0. The zero-order chi connectivity index (χ0) is 24.8. The molecule has 0 unspecified atom stereocenters. The van der Waals surface area contributed by atoms with Gasteiger partial charge in [0, 0.05) is 19.5 Å². The minimum atomic E-state index is -4.74.